The molecule has 0 aliphatic carbocycles. The zero-order valence-corrected chi connectivity index (χ0v) is 18.5. The standard InChI is InChI=1S/C25H27N3O2S/c1-26-24(30)25(16-20-8-2-3-9-21(20)22-10-5-14-31-22)11-6-13-28(18-25)23(29)15-19-7-4-12-27-17-19/h2-5,7-10,12,14,17H,6,11,13,15-16,18H2,1H3,(H,26,30)/t25-/m1/s1. The van der Waals surface area contributed by atoms with Gasteiger partial charge in [-0.05, 0) is 53.5 Å². The summed E-state index contributed by atoms with van der Waals surface area (Å²) in [6, 6.07) is 16.2. The Balaban J connectivity index is 1.60. The van der Waals surface area contributed by atoms with Gasteiger partial charge in [0.2, 0.25) is 11.8 Å². The fourth-order valence-electron chi connectivity index (χ4n) is 4.52. The lowest BCUT2D eigenvalue weighted by atomic mass is 9.73. The zero-order valence-electron chi connectivity index (χ0n) is 17.7. The van der Waals surface area contributed by atoms with Crippen molar-refractivity contribution in [3.05, 3.63) is 77.4 Å². The van der Waals surface area contributed by atoms with Gasteiger partial charge in [-0.3, -0.25) is 14.6 Å². The number of carbonyl (C=O) groups is 2. The van der Waals surface area contributed by atoms with Crippen LogP contribution in [0.4, 0.5) is 0 Å². The number of likely N-dealkylation sites (tertiary alicyclic amines) is 1. The van der Waals surface area contributed by atoms with Crippen LogP contribution in [0.15, 0.2) is 66.3 Å². The summed E-state index contributed by atoms with van der Waals surface area (Å²) in [6.45, 7) is 1.12. The molecule has 1 fully saturated rings. The van der Waals surface area contributed by atoms with Crippen molar-refractivity contribution >= 4 is 23.2 Å². The Morgan fingerprint density at radius 3 is 2.77 bits per heavy atom. The molecule has 1 aliphatic heterocycles. The molecule has 0 spiro atoms. The first kappa shape index (κ1) is 21.2. The predicted octanol–water partition coefficient (Wildman–Crippen LogP) is 3.95. The molecule has 4 rings (SSSR count). The molecule has 1 N–H and O–H groups in total. The van der Waals surface area contributed by atoms with Gasteiger partial charge in [-0.15, -0.1) is 11.3 Å². The number of thiophene rings is 1. The van der Waals surface area contributed by atoms with Crippen LogP contribution in [0, 0.1) is 5.41 Å². The summed E-state index contributed by atoms with van der Waals surface area (Å²) in [4.78, 5) is 33.4. The summed E-state index contributed by atoms with van der Waals surface area (Å²) in [7, 11) is 1.69. The van der Waals surface area contributed by atoms with Gasteiger partial charge in [0, 0.05) is 37.4 Å². The molecular weight excluding hydrogens is 406 g/mol. The van der Waals surface area contributed by atoms with Crippen LogP contribution in [0.5, 0.6) is 0 Å². The number of piperidine rings is 1. The predicted molar refractivity (Wildman–Crippen MR) is 124 cm³/mol. The Labute approximate surface area is 187 Å². The number of nitrogens with one attached hydrogen (secondary N) is 1. The highest BCUT2D eigenvalue weighted by Crippen LogP contribution is 2.38. The third kappa shape index (κ3) is 4.69. The fraction of sp³-hybridized carbons (Fsp3) is 0.320. The minimum Gasteiger partial charge on any atom is -0.359 e. The van der Waals surface area contributed by atoms with Crippen LogP contribution in [0.2, 0.25) is 0 Å². The Morgan fingerprint density at radius 2 is 2.03 bits per heavy atom. The topological polar surface area (TPSA) is 62.3 Å². The second-order valence-corrected chi connectivity index (χ2v) is 9.08. The van der Waals surface area contributed by atoms with Crippen LogP contribution in [-0.2, 0) is 22.4 Å². The molecule has 1 atom stereocenters. The average Bonchev–Trinajstić information content (AvgIpc) is 3.34. The number of benzene rings is 1. The first-order valence-corrected chi connectivity index (χ1v) is 11.5. The van der Waals surface area contributed by atoms with Crippen LogP contribution in [-0.4, -0.2) is 41.8 Å². The SMILES string of the molecule is CNC(=O)[C@@]1(Cc2ccccc2-c2cccs2)CCCN(C(=O)Cc2cccnc2)C1. The van der Waals surface area contributed by atoms with Crippen molar-refractivity contribution in [1.29, 1.82) is 0 Å². The number of hydrogen-bond acceptors (Lipinski definition) is 4. The van der Waals surface area contributed by atoms with E-state index in [0.29, 0.717) is 25.9 Å². The first-order chi connectivity index (χ1) is 15.1. The molecule has 5 nitrogen and oxygen atoms in total. The minimum atomic E-state index is -0.634. The third-order valence-corrected chi connectivity index (χ3v) is 6.95. The molecule has 160 valence electrons. The lowest BCUT2D eigenvalue weighted by molar-refractivity contribution is -0.141. The second kappa shape index (κ2) is 9.43. The summed E-state index contributed by atoms with van der Waals surface area (Å²) >= 11 is 1.70. The highest BCUT2D eigenvalue weighted by atomic mass is 32.1. The number of rotatable bonds is 6. The van der Waals surface area contributed by atoms with E-state index < -0.39 is 5.41 Å². The second-order valence-electron chi connectivity index (χ2n) is 8.13. The van der Waals surface area contributed by atoms with E-state index in [9.17, 15) is 9.59 Å². The van der Waals surface area contributed by atoms with Crippen molar-refractivity contribution in [1.82, 2.24) is 15.2 Å². The fourth-order valence-corrected chi connectivity index (χ4v) is 5.31. The molecule has 3 heterocycles. The van der Waals surface area contributed by atoms with Crippen LogP contribution in [0.25, 0.3) is 10.4 Å². The van der Waals surface area contributed by atoms with Gasteiger partial charge in [0.1, 0.15) is 0 Å². The highest BCUT2D eigenvalue weighted by molar-refractivity contribution is 7.13. The van der Waals surface area contributed by atoms with Gasteiger partial charge in [0.05, 0.1) is 11.8 Å². The number of aromatic nitrogens is 1. The largest absolute Gasteiger partial charge is 0.359 e. The third-order valence-electron chi connectivity index (χ3n) is 6.05. The number of carbonyl (C=O) groups excluding carboxylic acids is 2. The molecule has 0 bridgehead atoms. The molecule has 1 aromatic carbocycles. The summed E-state index contributed by atoms with van der Waals surface area (Å²) in [5, 5.41) is 4.94. The van der Waals surface area contributed by atoms with Gasteiger partial charge in [0.15, 0.2) is 0 Å². The highest BCUT2D eigenvalue weighted by Gasteiger charge is 2.43. The minimum absolute atomic E-state index is 0.00682. The Bertz CT molecular complexity index is 1040. The molecule has 3 aromatic rings. The number of pyridine rings is 1. The van der Waals surface area contributed by atoms with E-state index in [1.54, 1.807) is 30.8 Å². The lowest BCUT2D eigenvalue weighted by Gasteiger charge is -2.42. The first-order valence-electron chi connectivity index (χ1n) is 10.6. The maximum absolute atomic E-state index is 13.2. The molecule has 2 aromatic heterocycles. The van der Waals surface area contributed by atoms with Gasteiger partial charge in [-0.2, -0.15) is 0 Å². The van der Waals surface area contributed by atoms with Crippen molar-refractivity contribution in [3.8, 4) is 10.4 Å². The van der Waals surface area contributed by atoms with Gasteiger partial charge in [-0.1, -0.05) is 36.4 Å². The zero-order chi connectivity index (χ0) is 21.7. The number of amides is 2. The summed E-state index contributed by atoms with van der Waals surface area (Å²) in [5.74, 6) is 0.0554. The molecule has 31 heavy (non-hydrogen) atoms. The summed E-state index contributed by atoms with van der Waals surface area (Å²) < 4.78 is 0. The van der Waals surface area contributed by atoms with Gasteiger partial charge >= 0.3 is 0 Å². The Hall–Kier alpha value is -2.99. The quantitative estimate of drug-likeness (QED) is 0.640. The molecule has 6 heteroatoms. The summed E-state index contributed by atoms with van der Waals surface area (Å²) in [5.41, 5.74) is 2.58. The van der Waals surface area contributed by atoms with E-state index in [2.05, 4.69) is 33.9 Å². The molecule has 1 aliphatic rings. The van der Waals surface area contributed by atoms with E-state index in [0.717, 1.165) is 24.0 Å². The molecular formula is C25H27N3O2S. The van der Waals surface area contributed by atoms with Crippen molar-refractivity contribution in [2.45, 2.75) is 25.7 Å². The molecule has 0 saturated carbocycles. The van der Waals surface area contributed by atoms with Crippen LogP contribution in [0.3, 0.4) is 0 Å². The van der Waals surface area contributed by atoms with Crippen molar-refractivity contribution in [2.24, 2.45) is 5.41 Å². The monoisotopic (exact) mass is 433 g/mol. The van der Waals surface area contributed by atoms with E-state index in [4.69, 9.17) is 0 Å². The van der Waals surface area contributed by atoms with Crippen molar-refractivity contribution < 1.29 is 9.59 Å². The Kier molecular flexibility index (Phi) is 6.47. The number of nitrogens with zero attached hydrogens (tertiary/aromatic N) is 2. The van der Waals surface area contributed by atoms with Gasteiger partial charge in [0.25, 0.3) is 0 Å². The maximum Gasteiger partial charge on any atom is 0.228 e. The molecule has 1 saturated heterocycles. The normalized spacial score (nSPS) is 18.5. The van der Waals surface area contributed by atoms with E-state index >= 15 is 0 Å². The van der Waals surface area contributed by atoms with E-state index in [-0.39, 0.29) is 11.8 Å². The maximum atomic E-state index is 13.2. The lowest BCUT2D eigenvalue weighted by Crippen LogP contribution is -2.54. The molecule has 2 amide bonds. The van der Waals surface area contributed by atoms with E-state index in [1.807, 2.05) is 35.2 Å². The molecule has 0 unspecified atom stereocenters. The van der Waals surface area contributed by atoms with Gasteiger partial charge < -0.3 is 10.2 Å². The summed E-state index contributed by atoms with van der Waals surface area (Å²) in [6.07, 6.45) is 5.93. The van der Waals surface area contributed by atoms with Gasteiger partial charge in [-0.25, -0.2) is 0 Å². The van der Waals surface area contributed by atoms with Crippen LogP contribution >= 0.6 is 11.3 Å². The van der Waals surface area contributed by atoms with Crippen LogP contribution in [0.1, 0.15) is 24.0 Å². The van der Waals surface area contributed by atoms with Crippen LogP contribution < -0.4 is 5.32 Å². The number of hydrogen-bond donors (Lipinski definition) is 1. The Morgan fingerprint density at radius 1 is 1.16 bits per heavy atom. The van der Waals surface area contributed by atoms with Crippen molar-refractivity contribution in [3.63, 3.8) is 0 Å². The van der Waals surface area contributed by atoms with Crippen molar-refractivity contribution in [2.75, 3.05) is 20.1 Å². The molecule has 0 radical (unpaired) electrons. The van der Waals surface area contributed by atoms with E-state index in [1.165, 1.54) is 10.4 Å². The average molecular weight is 434 g/mol. The smallest absolute Gasteiger partial charge is 0.228 e.